The van der Waals surface area contributed by atoms with Crippen molar-refractivity contribution in [3.63, 3.8) is 0 Å². The van der Waals surface area contributed by atoms with Gasteiger partial charge in [0.25, 0.3) is 0 Å². The zero-order valence-electron chi connectivity index (χ0n) is 16.7. The summed E-state index contributed by atoms with van der Waals surface area (Å²) in [6, 6.07) is 13.3. The van der Waals surface area contributed by atoms with Gasteiger partial charge >= 0.3 is 6.03 Å². The molecular formula is C22H28N2O4. The molecule has 2 aromatic carbocycles. The Hall–Kier alpha value is -2.89. The Morgan fingerprint density at radius 2 is 1.79 bits per heavy atom. The van der Waals surface area contributed by atoms with E-state index in [9.17, 15) is 4.79 Å². The lowest BCUT2D eigenvalue weighted by molar-refractivity contribution is 0.207. The first-order valence-corrected chi connectivity index (χ1v) is 9.77. The van der Waals surface area contributed by atoms with Crippen LogP contribution in [0.15, 0.2) is 42.5 Å². The molecule has 0 aliphatic carbocycles. The number of amides is 2. The van der Waals surface area contributed by atoms with E-state index in [1.54, 1.807) is 7.11 Å². The van der Waals surface area contributed by atoms with Crippen molar-refractivity contribution in [2.45, 2.75) is 32.7 Å². The average molecular weight is 384 g/mol. The highest BCUT2D eigenvalue weighted by Gasteiger charge is 2.30. The number of benzene rings is 2. The van der Waals surface area contributed by atoms with Crippen molar-refractivity contribution in [1.29, 1.82) is 0 Å². The summed E-state index contributed by atoms with van der Waals surface area (Å²) in [5.74, 6) is 2.15. The van der Waals surface area contributed by atoms with Gasteiger partial charge in [-0.2, -0.15) is 0 Å². The summed E-state index contributed by atoms with van der Waals surface area (Å²) < 4.78 is 16.5. The van der Waals surface area contributed by atoms with Crippen LogP contribution in [0, 0.1) is 0 Å². The number of carbonyl (C=O) groups is 1. The molecule has 0 spiro atoms. The van der Waals surface area contributed by atoms with Crippen LogP contribution >= 0.6 is 0 Å². The Morgan fingerprint density at radius 1 is 1.07 bits per heavy atom. The lowest BCUT2D eigenvalue weighted by atomic mass is 10.0. The SMILES string of the molecule is CCOc1ccc(OCC)c(NC(=O)N2CCC[C@H]2c2ccc(OC)cc2)c1. The number of methoxy groups -OCH3 is 1. The molecule has 6 nitrogen and oxygen atoms in total. The second-order valence-corrected chi connectivity index (χ2v) is 6.58. The van der Waals surface area contributed by atoms with Gasteiger partial charge in [-0.05, 0) is 56.5 Å². The molecule has 3 rings (SSSR count). The van der Waals surface area contributed by atoms with Crippen molar-refractivity contribution < 1.29 is 19.0 Å². The first-order chi connectivity index (χ1) is 13.7. The molecule has 1 atom stereocenters. The van der Waals surface area contributed by atoms with Crippen LogP contribution in [0.5, 0.6) is 17.2 Å². The maximum absolute atomic E-state index is 13.0. The van der Waals surface area contributed by atoms with E-state index in [1.165, 1.54) is 0 Å². The molecule has 1 heterocycles. The molecule has 0 unspecified atom stereocenters. The van der Waals surface area contributed by atoms with E-state index in [4.69, 9.17) is 14.2 Å². The summed E-state index contributed by atoms with van der Waals surface area (Å²) in [6.45, 7) is 5.65. The molecule has 0 aromatic heterocycles. The first kappa shape index (κ1) is 19.9. The van der Waals surface area contributed by atoms with Gasteiger partial charge in [-0.1, -0.05) is 12.1 Å². The van der Waals surface area contributed by atoms with Crippen molar-refractivity contribution in [2.24, 2.45) is 0 Å². The number of likely N-dealkylation sites (tertiary alicyclic amines) is 1. The third kappa shape index (κ3) is 4.50. The maximum atomic E-state index is 13.0. The number of anilines is 1. The Balaban J connectivity index is 1.78. The fourth-order valence-electron chi connectivity index (χ4n) is 3.51. The normalized spacial score (nSPS) is 16.0. The zero-order chi connectivity index (χ0) is 19.9. The summed E-state index contributed by atoms with van der Waals surface area (Å²) >= 11 is 0. The minimum Gasteiger partial charge on any atom is -0.497 e. The van der Waals surface area contributed by atoms with E-state index >= 15 is 0 Å². The Morgan fingerprint density at radius 3 is 2.46 bits per heavy atom. The second-order valence-electron chi connectivity index (χ2n) is 6.58. The average Bonchev–Trinajstić information content (AvgIpc) is 3.20. The molecule has 1 aliphatic rings. The van der Waals surface area contributed by atoms with Crippen LogP contribution in [0.3, 0.4) is 0 Å². The quantitative estimate of drug-likeness (QED) is 0.740. The summed E-state index contributed by atoms with van der Waals surface area (Å²) in [5, 5.41) is 3.02. The lowest BCUT2D eigenvalue weighted by Gasteiger charge is -2.26. The third-order valence-electron chi connectivity index (χ3n) is 4.82. The van der Waals surface area contributed by atoms with Crippen LogP contribution in [0.4, 0.5) is 10.5 Å². The fourth-order valence-corrected chi connectivity index (χ4v) is 3.51. The fraction of sp³-hybridized carbons (Fsp3) is 0.409. The second kappa shape index (κ2) is 9.35. The van der Waals surface area contributed by atoms with E-state index < -0.39 is 0 Å². The van der Waals surface area contributed by atoms with Crippen LogP contribution < -0.4 is 19.5 Å². The van der Waals surface area contributed by atoms with Crippen molar-refractivity contribution in [3.8, 4) is 17.2 Å². The molecule has 1 fully saturated rings. The van der Waals surface area contributed by atoms with Crippen LogP contribution in [-0.2, 0) is 0 Å². The standard InChI is InChI=1S/C22H28N2O4/c1-4-27-18-12-13-21(28-5-2)19(15-18)23-22(25)24-14-6-7-20(24)16-8-10-17(26-3)11-9-16/h8-13,15,20H,4-7,14H2,1-3H3,(H,23,25)/t20-/m0/s1. The third-order valence-corrected chi connectivity index (χ3v) is 4.82. The monoisotopic (exact) mass is 384 g/mol. The smallest absolute Gasteiger partial charge is 0.322 e. The number of hydrogen-bond donors (Lipinski definition) is 1. The first-order valence-electron chi connectivity index (χ1n) is 9.77. The van der Waals surface area contributed by atoms with Gasteiger partial charge in [-0.15, -0.1) is 0 Å². The predicted molar refractivity (Wildman–Crippen MR) is 109 cm³/mol. The van der Waals surface area contributed by atoms with Gasteiger partial charge in [0.1, 0.15) is 17.2 Å². The number of carbonyl (C=O) groups excluding carboxylic acids is 1. The van der Waals surface area contributed by atoms with Crippen molar-refractivity contribution in [2.75, 3.05) is 32.2 Å². The number of urea groups is 1. The van der Waals surface area contributed by atoms with Gasteiger partial charge in [0.15, 0.2) is 0 Å². The number of hydrogen-bond acceptors (Lipinski definition) is 4. The van der Waals surface area contributed by atoms with Crippen molar-refractivity contribution >= 4 is 11.7 Å². The molecule has 28 heavy (non-hydrogen) atoms. The summed E-state index contributed by atoms with van der Waals surface area (Å²) in [7, 11) is 1.65. The van der Waals surface area contributed by atoms with Crippen LogP contribution in [0.25, 0.3) is 0 Å². The predicted octanol–water partition coefficient (Wildman–Crippen LogP) is 4.86. The van der Waals surface area contributed by atoms with Gasteiger partial charge < -0.3 is 24.4 Å². The molecule has 6 heteroatoms. The molecule has 0 bridgehead atoms. The van der Waals surface area contributed by atoms with E-state index in [0.29, 0.717) is 30.4 Å². The van der Waals surface area contributed by atoms with E-state index in [0.717, 1.165) is 30.7 Å². The van der Waals surface area contributed by atoms with Gasteiger partial charge in [-0.3, -0.25) is 0 Å². The lowest BCUT2D eigenvalue weighted by Crippen LogP contribution is -2.34. The number of nitrogens with zero attached hydrogens (tertiary/aromatic N) is 1. The Labute approximate surface area is 166 Å². The molecule has 1 aliphatic heterocycles. The molecule has 1 N–H and O–H groups in total. The van der Waals surface area contributed by atoms with E-state index in [-0.39, 0.29) is 12.1 Å². The Kier molecular flexibility index (Phi) is 6.63. The van der Waals surface area contributed by atoms with Crippen molar-refractivity contribution in [1.82, 2.24) is 4.90 Å². The molecule has 2 amide bonds. The van der Waals surface area contributed by atoms with Crippen LogP contribution in [-0.4, -0.2) is 37.8 Å². The minimum atomic E-state index is -0.132. The molecule has 0 radical (unpaired) electrons. The topological polar surface area (TPSA) is 60.0 Å². The maximum Gasteiger partial charge on any atom is 0.322 e. The summed E-state index contributed by atoms with van der Waals surface area (Å²) in [4.78, 5) is 14.9. The molecule has 0 saturated carbocycles. The van der Waals surface area contributed by atoms with Crippen LogP contribution in [0.1, 0.15) is 38.3 Å². The van der Waals surface area contributed by atoms with Crippen molar-refractivity contribution in [3.05, 3.63) is 48.0 Å². The largest absolute Gasteiger partial charge is 0.497 e. The molecule has 2 aromatic rings. The van der Waals surface area contributed by atoms with Gasteiger partial charge in [-0.25, -0.2) is 4.79 Å². The van der Waals surface area contributed by atoms with Gasteiger partial charge in [0.05, 0.1) is 32.1 Å². The molecular weight excluding hydrogens is 356 g/mol. The minimum absolute atomic E-state index is 0.0523. The molecule has 1 saturated heterocycles. The highest BCUT2D eigenvalue weighted by atomic mass is 16.5. The highest BCUT2D eigenvalue weighted by molar-refractivity contribution is 5.91. The number of ether oxygens (including phenoxy) is 3. The summed E-state index contributed by atoms with van der Waals surface area (Å²) in [5.41, 5.74) is 1.74. The van der Waals surface area contributed by atoms with Gasteiger partial charge in [0, 0.05) is 12.6 Å². The zero-order valence-corrected chi connectivity index (χ0v) is 16.7. The number of nitrogens with one attached hydrogen (secondary N) is 1. The molecule has 150 valence electrons. The highest BCUT2D eigenvalue weighted by Crippen LogP contribution is 2.35. The van der Waals surface area contributed by atoms with E-state index in [2.05, 4.69) is 5.32 Å². The summed E-state index contributed by atoms with van der Waals surface area (Å²) in [6.07, 6.45) is 1.92. The van der Waals surface area contributed by atoms with Crippen LogP contribution in [0.2, 0.25) is 0 Å². The van der Waals surface area contributed by atoms with Gasteiger partial charge in [0.2, 0.25) is 0 Å². The Bertz CT molecular complexity index is 792. The van der Waals surface area contributed by atoms with E-state index in [1.807, 2.05) is 61.2 Å². The number of rotatable bonds is 7.